The fourth-order valence-corrected chi connectivity index (χ4v) is 4.60. The summed E-state index contributed by atoms with van der Waals surface area (Å²) in [6.07, 6.45) is 6.23. The predicted octanol–water partition coefficient (Wildman–Crippen LogP) is 4.82. The molecule has 3 N–H and O–H groups in total. The Morgan fingerprint density at radius 1 is 1.24 bits per heavy atom. The van der Waals surface area contributed by atoms with Crippen molar-refractivity contribution in [3.63, 3.8) is 0 Å². The summed E-state index contributed by atoms with van der Waals surface area (Å²) in [6.45, 7) is 2.00. The lowest BCUT2D eigenvalue weighted by molar-refractivity contribution is -0.126. The lowest BCUT2D eigenvalue weighted by Gasteiger charge is -2.34. The summed E-state index contributed by atoms with van der Waals surface area (Å²) in [7, 11) is 0. The van der Waals surface area contributed by atoms with Crippen LogP contribution in [0.15, 0.2) is 36.9 Å². The highest BCUT2D eigenvalue weighted by atomic mass is 19.4. The maximum absolute atomic E-state index is 13.4. The second-order valence-corrected chi connectivity index (χ2v) is 9.06. The van der Waals surface area contributed by atoms with Gasteiger partial charge < -0.3 is 20.4 Å². The second kappa shape index (κ2) is 9.52. The Hall–Kier alpha value is -3.30. The molecule has 7 nitrogen and oxygen atoms in total. The number of hydrogen-bond acceptors (Lipinski definition) is 5. The van der Waals surface area contributed by atoms with Crippen LogP contribution >= 0.6 is 0 Å². The highest BCUT2D eigenvalue weighted by Crippen LogP contribution is 2.34. The van der Waals surface area contributed by atoms with Crippen LogP contribution in [-0.2, 0) is 4.79 Å². The van der Waals surface area contributed by atoms with Gasteiger partial charge in [-0.1, -0.05) is 13.8 Å². The number of pyridine rings is 2. The number of ether oxygens (including phenoxy) is 1. The minimum Gasteiger partial charge on any atom is -0.489 e. The Morgan fingerprint density at radius 3 is 2.62 bits per heavy atom. The first-order valence-electron chi connectivity index (χ1n) is 11.3. The number of amides is 1. The molecule has 0 aromatic carbocycles. The number of fused-ring (bicyclic) bond motifs is 1. The Kier molecular flexibility index (Phi) is 6.67. The number of halogens is 3. The van der Waals surface area contributed by atoms with Crippen molar-refractivity contribution in [2.75, 3.05) is 11.4 Å². The van der Waals surface area contributed by atoms with Gasteiger partial charge in [0.05, 0.1) is 24.2 Å². The number of aromatic amines is 1. The molecule has 1 aliphatic rings. The van der Waals surface area contributed by atoms with Crippen molar-refractivity contribution in [3.05, 3.63) is 36.9 Å². The summed E-state index contributed by atoms with van der Waals surface area (Å²) < 4.78 is 46.4. The number of nitrogens with two attached hydrogens (primary N) is 1. The Bertz CT molecular complexity index is 1150. The summed E-state index contributed by atoms with van der Waals surface area (Å²) >= 11 is 0. The van der Waals surface area contributed by atoms with Crippen LogP contribution in [0, 0.1) is 5.92 Å². The molecule has 0 aliphatic heterocycles. The number of aromatic nitrogens is 3. The molecule has 0 radical (unpaired) electrons. The largest absolute Gasteiger partial charge is 0.489 e. The first kappa shape index (κ1) is 23.8. The zero-order valence-electron chi connectivity index (χ0n) is 19.1. The molecule has 0 saturated heterocycles. The molecule has 0 bridgehead atoms. The van der Waals surface area contributed by atoms with Crippen LogP contribution < -0.4 is 15.4 Å². The molecule has 0 unspecified atom stereocenters. The van der Waals surface area contributed by atoms with Crippen LogP contribution in [0.3, 0.4) is 0 Å². The predicted molar refractivity (Wildman–Crippen MR) is 123 cm³/mol. The summed E-state index contributed by atoms with van der Waals surface area (Å²) in [4.78, 5) is 24.8. The van der Waals surface area contributed by atoms with Gasteiger partial charge in [0.2, 0.25) is 5.91 Å². The van der Waals surface area contributed by atoms with Crippen molar-refractivity contribution >= 4 is 22.6 Å². The molecule has 4 rings (SSSR count). The smallest absolute Gasteiger partial charge is 0.405 e. The number of carbonyl (C=O) groups excluding carboxylic acids is 1. The molecular formula is C24H28F3N5O2. The van der Waals surface area contributed by atoms with E-state index in [-0.39, 0.29) is 11.8 Å². The minimum atomic E-state index is -4.53. The molecule has 34 heavy (non-hydrogen) atoms. The Balaban J connectivity index is 1.72. The van der Waals surface area contributed by atoms with Crippen LogP contribution in [0.2, 0.25) is 0 Å². The maximum atomic E-state index is 13.4. The fraction of sp³-hybridized carbons (Fsp3) is 0.458. The van der Waals surface area contributed by atoms with Crippen molar-refractivity contribution in [3.8, 4) is 16.9 Å². The average molecular weight is 476 g/mol. The molecular weight excluding hydrogens is 447 g/mol. The number of H-pyrrole nitrogens is 1. The molecule has 3 aromatic heterocycles. The van der Waals surface area contributed by atoms with Gasteiger partial charge in [0.15, 0.2) is 0 Å². The number of nitrogens with one attached hydrogen (secondary N) is 1. The van der Waals surface area contributed by atoms with Gasteiger partial charge in [-0.25, -0.2) is 4.98 Å². The van der Waals surface area contributed by atoms with E-state index in [1.165, 1.54) is 6.20 Å². The normalized spacial score (nSPS) is 15.7. The summed E-state index contributed by atoms with van der Waals surface area (Å²) in [5.74, 6) is -0.609. The highest BCUT2D eigenvalue weighted by Gasteiger charge is 2.37. The van der Waals surface area contributed by atoms with Gasteiger partial charge in [-0.15, -0.1) is 0 Å². The van der Waals surface area contributed by atoms with Crippen molar-refractivity contribution < 1.29 is 22.7 Å². The number of hydrogen-bond donors (Lipinski definition) is 2. The van der Waals surface area contributed by atoms with Crippen molar-refractivity contribution in [1.29, 1.82) is 0 Å². The third-order valence-corrected chi connectivity index (χ3v) is 6.09. The fourth-order valence-electron chi connectivity index (χ4n) is 4.60. The van der Waals surface area contributed by atoms with Gasteiger partial charge in [-0.3, -0.25) is 9.78 Å². The van der Waals surface area contributed by atoms with Crippen LogP contribution in [0.1, 0.15) is 39.5 Å². The number of rotatable bonds is 8. The molecule has 10 heteroatoms. The van der Waals surface area contributed by atoms with E-state index in [0.29, 0.717) is 17.0 Å². The molecule has 1 aliphatic carbocycles. The number of nitrogens with zero attached hydrogens (tertiary/aromatic N) is 3. The maximum Gasteiger partial charge on any atom is 0.405 e. The van der Waals surface area contributed by atoms with E-state index < -0.39 is 30.6 Å². The lowest BCUT2D eigenvalue weighted by atomic mass is 10.0. The van der Waals surface area contributed by atoms with Crippen LogP contribution in [0.4, 0.5) is 18.9 Å². The van der Waals surface area contributed by atoms with Crippen molar-refractivity contribution in [1.82, 2.24) is 15.0 Å². The molecule has 0 spiro atoms. The topological polar surface area (TPSA) is 97.1 Å². The third-order valence-electron chi connectivity index (χ3n) is 6.09. The molecule has 1 fully saturated rings. The Morgan fingerprint density at radius 2 is 1.97 bits per heavy atom. The zero-order chi connectivity index (χ0) is 24.5. The highest BCUT2D eigenvalue weighted by molar-refractivity contribution is 5.94. The minimum absolute atomic E-state index is 0.160. The van der Waals surface area contributed by atoms with Crippen LogP contribution in [-0.4, -0.2) is 45.7 Å². The number of anilines is 1. The lowest BCUT2D eigenvalue weighted by Crippen LogP contribution is -2.51. The summed E-state index contributed by atoms with van der Waals surface area (Å²) in [6, 6.07) is 2.33. The first-order chi connectivity index (χ1) is 16.1. The molecule has 3 aromatic rings. The SMILES string of the molecule is CC(C)[C@@H](C(N)=O)N(CC(F)(F)F)c1cncc(-c2c[nH]c3ncc(OC4CCCC4)cc23)c1. The molecule has 1 saturated carbocycles. The van der Waals surface area contributed by atoms with E-state index in [0.717, 1.165) is 41.5 Å². The van der Waals surface area contributed by atoms with Crippen LogP contribution in [0.25, 0.3) is 22.2 Å². The molecule has 1 amide bonds. The van der Waals surface area contributed by atoms with Gasteiger partial charge in [-0.05, 0) is 43.7 Å². The summed E-state index contributed by atoms with van der Waals surface area (Å²) in [5.41, 5.74) is 7.59. The quantitative estimate of drug-likeness (QED) is 0.487. The van der Waals surface area contributed by atoms with E-state index in [1.807, 2.05) is 6.07 Å². The number of alkyl halides is 3. The van der Waals surface area contributed by atoms with Crippen LogP contribution in [0.5, 0.6) is 5.75 Å². The number of primary amides is 1. The summed E-state index contributed by atoms with van der Waals surface area (Å²) in [5, 5.41) is 0.770. The molecule has 182 valence electrons. The second-order valence-electron chi connectivity index (χ2n) is 9.06. The molecule has 1 atom stereocenters. The van der Waals surface area contributed by atoms with Gasteiger partial charge in [0, 0.05) is 28.9 Å². The van der Waals surface area contributed by atoms with E-state index in [1.54, 1.807) is 38.5 Å². The standard InChI is InChI=1S/C24H28F3N5O2/c1-14(2)21(22(28)33)32(13-24(25,26)27)16-7-15(9-29-10-16)20-12-31-23-19(20)8-18(11-30-23)34-17-5-3-4-6-17/h7-12,14,17,21H,3-6,13H2,1-2H3,(H2,28,33)(H,30,31)/t21-/m0/s1. The number of carbonyl (C=O) groups is 1. The van der Waals surface area contributed by atoms with E-state index in [2.05, 4.69) is 15.0 Å². The van der Waals surface area contributed by atoms with Gasteiger partial charge in [-0.2, -0.15) is 13.2 Å². The average Bonchev–Trinajstić information content (AvgIpc) is 3.41. The van der Waals surface area contributed by atoms with E-state index >= 15 is 0 Å². The van der Waals surface area contributed by atoms with Gasteiger partial charge in [0.1, 0.15) is 24.0 Å². The van der Waals surface area contributed by atoms with Gasteiger partial charge in [0.25, 0.3) is 0 Å². The van der Waals surface area contributed by atoms with Crippen molar-refractivity contribution in [2.45, 2.75) is 57.9 Å². The third kappa shape index (κ3) is 5.26. The van der Waals surface area contributed by atoms with E-state index in [9.17, 15) is 18.0 Å². The Labute approximate surface area is 195 Å². The molecule has 3 heterocycles. The monoisotopic (exact) mass is 475 g/mol. The zero-order valence-corrected chi connectivity index (χ0v) is 19.1. The first-order valence-corrected chi connectivity index (χ1v) is 11.3. The van der Waals surface area contributed by atoms with E-state index in [4.69, 9.17) is 10.5 Å². The van der Waals surface area contributed by atoms with Gasteiger partial charge >= 0.3 is 6.18 Å². The van der Waals surface area contributed by atoms with Crippen molar-refractivity contribution in [2.24, 2.45) is 11.7 Å².